The number of aliphatic hydroxyl groups excluding tert-OH is 1. The largest absolute Gasteiger partial charge is 0.394 e. The van der Waals surface area contributed by atoms with Crippen molar-refractivity contribution in [3.05, 3.63) is 22.7 Å². The smallest absolute Gasteiger partial charge is 0.351 e. The van der Waals surface area contributed by atoms with Gasteiger partial charge in [-0.2, -0.15) is 10.2 Å². The van der Waals surface area contributed by atoms with Crippen LogP contribution in [0.5, 0.6) is 0 Å². The van der Waals surface area contributed by atoms with Gasteiger partial charge in [0.15, 0.2) is 6.23 Å². The zero-order valence-electron chi connectivity index (χ0n) is 14.5. The van der Waals surface area contributed by atoms with Crippen molar-refractivity contribution in [1.82, 2.24) is 9.55 Å². The first kappa shape index (κ1) is 18.8. The summed E-state index contributed by atoms with van der Waals surface area (Å²) in [5.41, 5.74) is 3.41. The zero-order chi connectivity index (χ0) is 19.1. The Labute approximate surface area is 149 Å². The van der Waals surface area contributed by atoms with E-state index in [0.717, 1.165) is 0 Å². The molecular weight excluding hydrogens is 344 g/mol. The van der Waals surface area contributed by atoms with Crippen molar-refractivity contribution in [2.24, 2.45) is 0 Å². The van der Waals surface area contributed by atoms with Crippen LogP contribution >= 0.6 is 0 Å². The molecule has 0 aliphatic carbocycles. The van der Waals surface area contributed by atoms with Crippen LogP contribution in [0.3, 0.4) is 0 Å². The number of anilines is 1. The fourth-order valence-electron chi connectivity index (χ4n) is 3.33. The van der Waals surface area contributed by atoms with E-state index in [1.807, 2.05) is 6.07 Å². The maximum absolute atomic E-state index is 12.2. The highest BCUT2D eigenvalue weighted by atomic mass is 16.8. The van der Waals surface area contributed by atoms with E-state index >= 15 is 0 Å². The van der Waals surface area contributed by atoms with Gasteiger partial charge >= 0.3 is 5.69 Å². The van der Waals surface area contributed by atoms with Crippen LogP contribution in [0.25, 0.3) is 0 Å². The van der Waals surface area contributed by atoms with Crippen LogP contribution in [0.2, 0.25) is 0 Å². The second kappa shape index (κ2) is 6.61. The van der Waals surface area contributed by atoms with Gasteiger partial charge in [-0.25, -0.2) is 4.79 Å². The number of nitrogens with two attached hydrogens (primary N) is 1. The first-order valence-electron chi connectivity index (χ1n) is 8.34. The van der Waals surface area contributed by atoms with Gasteiger partial charge < -0.3 is 30.2 Å². The molecule has 2 aliphatic heterocycles. The van der Waals surface area contributed by atoms with E-state index < -0.39 is 41.6 Å². The molecule has 0 spiro atoms. The fourth-order valence-corrected chi connectivity index (χ4v) is 3.33. The molecule has 2 saturated heterocycles. The summed E-state index contributed by atoms with van der Waals surface area (Å²) < 4.78 is 18.9. The van der Waals surface area contributed by atoms with Crippen LogP contribution in [0, 0.1) is 11.3 Å². The monoisotopic (exact) mass is 366 g/mol. The van der Waals surface area contributed by atoms with E-state index in [1.165, 1.54) is 23.8 Å². The standard InChI is InChI=1S/C16H22N4O6/c1-3-15(2,23)16(5-6-17)25-11-9(8-21)24-13(12(11)26-16)20-7-4-10(18)19-14(20)22/h4,7,9,11-13,21,23H,3,5,8H2,1-2H3,(H2,18,19,22)/t9-,11-,12-,13-,15?,16?/m1/s1. The van der Waals surface area contributed by atoms with Gasteiger partial charge in [-0.1, -0.05) is 6.92 Å². The lowest BCUT2D eigenvalue weighted by Gasteiger charge is -2.40. The SMILES string of the molecule is CCC(C)(O)C1(CC#N)O[C@@H]2[C@H](O1)[C@@H](CO)O[C@H]2n1ccc(N)nc1=O. The molecule has 0 radical (unpaired) electrons. The second-order valence-corrected chi connectivity index (χ2v) is 6.67. The van der Waals surface area contributed by atoms with E-state index in [2.05, 4.69) is 4.98 Å². The van der Waals surface area contributed by atoms with E-state index in [9.17, 15) is 20.3 Å². The molecule has 142 valence electrons. The van der Waals surface area contributed by atoms with Crippen LogP contribution in [0.4, 0.5) is 5.82 Å². The topological polar surface area (TPSA) is 153 Å². The number of aliphatic hydroxyl groups is 2. The number of rotatable bonds is 5. The molecule has 2 unspecified atom stereocenters. The maximum atomic E-state index is 12.2. The highest BCUT2D eigenvalue weighted by molar-refractivity contribution is 5.23. The summed E-state index contributed by atoms with van der Waals surface area (Å²) in [4.78, 5) is 15.8. The molecule has 3 rings (SSSR count). The van der Waals surface area contributed by atoms with Gasteiger partial charge in [0.1, 0.15) is 29.7 Å². The van der Waals surface area contributed by atoms with Crippen molar-refractivity contribution < 1.29 is 24.4 Å². The number of aromatic nitrogens is 2. The number of nitriles is 1. The molecule has 2 aliphatic rings. The van der Waals surface area contributed by atoms with Crippen molar-refractivity contribution in [2.75, 3.05) is 12.3 Å². The van der Waals surface area contributed by atoms with Gasteiger partial charge in [-0.15, -0.1) is 0 Å². The minimum absolute atomic E-state index is 0.0656. The number of ether oxygens (including phenoxy) is 3. The third-order valence-electron chi connectivity index (χ3n) is 5.06. The third kappa shape index (κ3) is 2.78. The van der Waals surface area contributed by atoms with E-state index in [1.54, 1.807) is 6.92 Å². The van der Waals surface area contributed by atoms with Crippen molar-refractivity contribution in [3.63, 3.8) is 0 Å². The Kier molecular flexibility index (Phi) is 4.76. The minimum atomic E-state index is -1.59. The predicted molar refractivity (Wildman–Crippen MR) is 87.5 cm³/mol. The number of nitrogens with zero attached hydrogens (tertiary/aromatic N) is 3. The van der Waals surface area contributed by atoms with Crippen LogP contribution in [-0.2, 0) is 14.2 Å². The average Bonchev–Trinajstić information content (AvgIpc) is 3.12. The lowest BCUT2D eigenvalue weighted by atomic mass is 9.90. The second-order valence-electron chi connectivity index (χ2n) is 6.67. The van der Waals surface area contributed by atoms with Crippen LogP contribution in [0.1, 0.15) is 32.9 Å². The van der Waals surface area contributed by atoms with Gasteiger partial charge in [0, 0.05) is 6.20 Å². The van der Waals surface area contributed by atoms with Gasteiger partial charge in [0.2, 0.25) is 5.79 Å². The Morgan fingerprint density at radius 3 is 2.77 bits per heavy atom. The lowest BCUT2D eigenvalue weighted by molar-refractivity contribution is -0.294. The summed E-state index contributed by atoms with van der Waals surface area (Å²) in [5.74, 6) is -1.53. The fraction of sp³-hybridized carbons (Fsp3) is 0.688. The van der Waals surface area contributed by atoms with Gasteiger partial charge in [-0.05, 0) is 19.4 Å². The summed E-state index contributed by atoms with van der Waals surface area (Å²) in [5, 5.41) is 29.6. The first-order chi connectivity index (χ1) is 12.3. The zero-order valence-corrected chi connectivity index (χ0v) is 14.5. The first-order valence-corrected chi connectivity index (χ1v) is 8.34. The van der Waals surface area contributed by atoms with E-state index in [-0.39, 0.29) is 25.3 Å². The summed E-state index contributed by atoms with van der Waals surface area (Å²) >= 11 is 0. The molecule has 0 amide bonds. The molecule has 0 bridgehead atoms. The summed E-state index contributed by atoms with van der Waals surface area (Å²) in [6.07, 6.45) is -1.85. The van der Waals surface area contributed by atoms with Crippen molar-refractivity contribution in [1.29, 1.82) is 5.26 Å². The molecular formula is C16H22N4O6. The molecule has 26 heavy (non-hydrogen) atoms. The normalized spacial score (nSPS) is 35.7. The van der Waals surface area contributed by atoms with Gasteiger partial charge in [0.25, 0.3) is 0 Å². The molecule has 0 saturated carbocycles. The Bertz CT molecular complexity index is 775. The van der Waals surface area contributed by atoms with Crippen LogP contribution in [-0.4, -0.2) is 56.1 Å². The molecule has 10 nitrogen and oxygen atoms in total. The number of hydrogen-bond acceptors (Lipinski definition) is 9. The van der Waals surface area contributed by atoms with Crippen molar-refractivity contribution >= 4 is 5.82 Å². The quantitative estimate of drug-likeness (QED) is 0.612. The van der Waals surface area contributed by atoms with E-state index in [0.29, 0.717) is 0 Å². The van der Waals surface area contributed by atoms with Crippen molar-refractivity contribution in [2.45, 2.75) is 62.6 Å². The third-order valence-corrected chi connectivity index (χ3v) is 5.06. The number of nitrogen functional groups attached to an aromatic ring is 1. The average molecular weight is 366 g/mol. The molecule has 6 atom stereocenters. The summed E-state index contributed by atoms with van der Waals surface area (Å²) in [7, 11) is 0. The molecule has 3 heterocycles. The molecule has 10 heteroatoms. The van der Waals surface area contributed by atoms with Crippen molar-refractivity contribution in [3.8, 4) is 6.07 Å². The number of fused-ring (bicyclic) bond motifs is 1. The van der Waals surface area contributed by atoms with Crippen LogP contribution < -0.4 is 11.4 Å². The molecule has 0 aromatic carbocycles. The molecule has 1 aromatic heterocycles. The van der Waals surface area contributed by atoms with E-state index in [4.69, 9.17) is 19.9 Å². The number of hydrogen-bond donors (Lipinski definition) is 3. The minimum Gasteiger partial charge on any atom is -0.394 e. The van der Waals surface area contributed by atoms with Crippen LogP contribution in [0.15, 0.2) is 17.1 Å². The van der Waals surface area contributed by atoms with Gasteiger partial charge in [-0.3, -0.25) is 4.57 Å². The summed E-state index contributed by atoms with van der Waals surface area (Å²) in [6, 6.07) is 3.41. The Morgan fingerprint density at radius 1 is 1.50 bits per heavy atom. The highest BCUT2D eigenvalue weighted by Crippen LogP contribution is 2.48. The predicted octanol–water partition coefficient (Wildman–Crippen LogP) is -0.730. The molecule has 2 fully saturated rings. The molecule has 4 N–H and O–H groups in total. The highest BCUT2D eigenvalue weighted by Gasteiger charge is 2.64. The Morgan fingerprint density at radius 2 is 2.19 bits per heavy atom. The van der Waals surface area contributed by atoms with Gasteiger partial charge in [0.05, 0.1) is 19.1 Å². The Balaban J connectivity index is 2.00. The Hall–Kier alpha value is -2.03. The molecule has 1 aromatic rings. The maximum Gasteiger partial charge on any atom is 0.351 e. The lowest BCUT2D eigenvalue weighted by Crippen LogP contribution is -2.54. The summed E-state index contributed by atoms with van der Waals surface area (Å²) in [6.45, 7) is 2.88.